The largest absolute Gasteiger partial charge is 0.508 e. The Labute approximate surface area is 147 Å². The minimum atomic E-state index is -0.783. The monoisotopic (exact) mass is 341 g/mol. The van der Waals surface area contributed by atoms with Crippen molar-refractivity contribution in [3.05, 3.63) is 65.7 Å². The van der Waals surface area contributed by atoms with Gasteiger partial charge in [-0.3, -0.25) is 4.79 Å². The quantitative estimate of drug-likeness (QED) is 0.571. The zero-order valence-electron chi connectivity index (χ0n) is 14.3. The number of esters is 1. The summed E-state index contributed by atoms with van der Waals surface area (Å²) >= 11 is 0. The highest BCUT2D eigenvalue weighted by atomic mass is 16.5. The number of rotatable bonds is 8. The summed E-state index contributed by atoms with van der Waals surface area (Å²) in [5.74, 6) is -0.623. The van der Waals surface area contributed by atoms with Gasteiger partial charge in [-0.1, -0.05) is 43.7 Å². The van der Waals surface area contributed by atoms with Gasteiger partial charge in [0.25, 0.3) is 5.91 Å². The molecular formula is C20H23NO4. The van der Waals surface area contributed by atoms with Gasteiger partial charge in [0.2, 0.25) is 0 Å². The number of hydrogen-bond acceptors (Lipinski definition) is 4. The van der Waals surface area contributed by atoms with Crippen LogP contribution < -0.4 is 5.32 Å². The fourth-order valence-electron chi connectivity index (χ4n) is 2.31. The number of benzene rings is 2. The van der Waals surface area contributed by atoms with E-state index in [0.717, 1.165) is 18.4 Å². The van der Waals surface area contributed by atoms with Gasteiger partial charge < -0.3 is 15.2 Å². The van der Waals surface area contributed by atoms with Crippen molar-refractivity contribution in [2.45, 2.75) is 32.2 Å². The number of nitrogens with one attached hydrogen (secondary N) is 1. The Bertz CT molecular complexity index is 683. The smallest absolute Gasteiger partial charge is 0.328 e. The maximum atomic E-state index is 12.4. The SMILES string of the molecule is CCCCOC(=O)[C@@H](Cc1ccc(O)cc1)NC(=O)c1ccccc1. The van der Waals surface area contributed by atoms with Gasteiger partial charge in [-0.15, -0.1) is 0 Å². The predicted molar refractivity (Wildman–Crippen MR) is 95.4 cm³/mol. The van der Waals surface area contributed by atoms with Crippen LogP contribution in [0.5, 0.6) is 5.75 Å². The van der Waals surface area contributed by atoms with E-state index in [9.17, 15) is 14.7 Å². The average molecular weight is 341 g/mol. The second-order valence-electron chi connectivity index (χ2n) is 5.78. The summed E-state index contributed by atoms with van der Waals surface area (Å²) in [5, 5.41) is 12.1. The highest BCUT2D eigenvalue weighted by Crippen LogP contribution is 2.12. The Morgan fingerprint density at radius 3 is 2.40 bits per heavy atom. The molecule has 0 spiro atoms. The number of carbonyl (C=O) groups excluding carboxylic acids is 2. The molecule has 0 aliphatic carbocycles. The second-order valence-corrected chi connectivity index (χ2v) is 5.78. The van der Waals surface area contributed by atoms with E-state index in [0.29, 0.717) is 18.6 Å². The van der Waals surface area contributed by atoms with Gasteiger partial charge in [-0.25, -0.2) is 4.79 Å². The van der Waals surface area contributed by atoms with Crippen molar-refractivity contribution in [2.24, 2.45) is 0 Å². The molecule has 0 aliphatic heterocycles. The maximum absolute atomic E-state index is 12.4. The number of aromatic hydroxyl groups is 1. The maximum Gasteiger partial charge on any atom is 0.328 e. The topological polar surface area (TPSA) is 75.6 Å². The van der Waals surface area contributed by atoms with Crippen LogP contribution in [-0.4, -0.2) is 29.6 Å². The van der Waals surface area contributed by atoms with Crippen LogP contribution in [0.2, 0.25) is 0 Å². The zero-order valence-corrected chi connectivity index (χ0v) is 14.3. The van der Waals surface area contributed by atoms with Crippen LogP contribution >= 0.6 is 0 Å². The summed E-state index contributed by atoms with van der Waals surface area (Å²) in [4.78, 5) is 24.7. The molecule has 2 aromatic rings. The van der Waals surface area contributed by atoms with Gasteiger partial charge in [0.15, 0.2) is 0 Å². The van der Waals surface area contributed by atoms with E-state index < -0.39 is 12.0 Å². The Morgan fingerprint density at radius 2 is 1.76 bits per heavy atom. The number of amides is 1. The first-order valence-corrected chi connectivity index (χ1v) is 8.40. The fourth-order valence-corrected chi connectivity index (χ4v) is 2.31. The van der Waals surface area contributed by atoms with E-state index in [-0.39, 0.29) is 11.7 Å². The molecule has 1 atom stereocenters. The first-order valence-electron chi connectivity index (χ1n) is 8.40. The van der Waals surface area contributed by atoms with Crippen molar-refractivity contribution in [2.75, 3.05) is 6.61 Å². The average Bonchev–Trinajstić information content (AvgIpc) is 2.63. The first-order chi connectivity index (χ1) is 12.1. The molecule has 0 unspecified atom stereocenters. The Hall–Kier alpha value is -2.82. The molecule has 0 radical (unpaired) electrons. The number of ether oxygens (including phenoxy) is 1. The lowest BCUT2D eigenvalue weighted by atomic mass is 10.1. The molecule has 0 aliphatic rings. The van der Waals surface area contributed by atoms with E-state index in [1.807, 2.05) is 13.0 Å². The summed E-state index contributed by atoms with van der Waals surface area (Å²) in [7, 11) is 0. The molecule has 5 heteroatoms. The van der Waals surface area contributed by atoms with Gasteiger partial charge in [-0.05, 0) is 36.2 Å². The van der Waals surface area contributed by atoms with Crippen molar-refractivity contribution in [3.8, 4) is 5.75 Å². The lowest BCUT2D eigenvalue weighted by molar-refractivity contribution is -0.146. The van der Waals surface area contributed by atoms with Gasteiger partial charge in [-0.2, -0.15) is 0 Å². The molecule has 5 nitrogen and oxygen atoms in total. The highest BCUT2D eigenvalue weighted by molar-refractivity contribution is 5.96. The van der Waals surface area contributed by atoms with E-state index in [2.05, 4.69) is 5.32 Å². The van der Waals surface area contributed by atoms with Crippen molar-refractivity contribution in [1.29, 1.82) is 0 Å². The first kappa shape index (κ1) is 18.5. The normalized spacial score (nSPS) is 11.6. The van der Waals surface area contributed by atoms with Gasteiger partial charge >= 0.3 is 5.97 Å². The van der Waals surface area contributed by atoms with Crippen LogP contribution in [0.3, 0.4) is 0 Å². The molecule has 0 bridgehead atoms. The van der Waals surface area contributed by atoms with Crippen molar-refractivity contribution in [3.63, 3.8) is 0 Å². The number of phenols is 1. The van der Waals surface area contributed by atoms with Gasteiger partial charge in [0.05, 0.1) is 6.61 Å². The predicted octanol–water partition coefficient (Wildman–Crippen LogP) is 3.08. The third-order valence-electron chi connectivity index (χ3n) is 3.74. The molecule has 132 valence electrons. The van der Waals surface area contributed by atoms with E-state index in [1.54, 1.807) is 48.5 Å². The van der Waals surface area contributed by atoms with Gasteiger partial charge in [0, 0.05) is 12.0 Å². The van der Waals surface area contributed by atoms with Crippen molar-refractivity contribution in [1.82, 2.24) is 5.32 Å². The van der Waals surface area contributed by atoms with Crippen molar-refractivity contribution < 1.29 is 19.4 Å². The number of phenolic OH excluding ortho intramolecular Hbond substituents is 1. The Kier molecular flexibility index (Phi) is 7.01. The number of carbonyl (C=O) groups is 2. The standard InChI is InChI=1S/C20H23NO4/c1-2-3-13-25-20(24)18(14-15-9-11-17(22)12-10-15)21-19(23)16-7-5-4-6-8-16/h4-12,18,22H,2-3,13-14H2,1H3,(H,21,23)/t18-/m1/s1. The molecular weight excluding hydrogens is 318 g/mol. The summed E-state index contributed by atoms with van der Waals surface area (Å²) < 4.78 is 5.27. The molecule has 2 N–H and O–H groups in total. The van der Waals surface area contributed by atoms with E-state index in [4.69, 9.17) is 4.74 Å². The molecule has 1 amide bonds. The van der Waals surface area contributed by atoms with Crippen LogP contribution in [0.25, 0.3) is 0 Å². The van der Waals surface area contributed by atoms with Crippen molar-refractivity contribution >= 4 is 11.9 Å². The molecule has 2 aromatic carbocycles. The molecule has 0 saturated carbocycles. The van der Waals surface area contributed by atoms with E-state index >= 15 is 0 Å². The minimum Gasteiger partial charge on any atom is -0.508 e. The number of unbranched alkanes of at least 4 members (excludes halogenated alkanes) is 1. The lowest BCUT2D eigenvalue weighted by Gasteiger charge is -2.18. The minimum absolute atomic E-state index is 0.152. The highest BCUT2D eigenvalue weighted by Gasteiger charge is 2.23. The molecule has 0 saturated heterocycles. The summed E-state index contributed by atoms with van der Waals surface area (Å²) in [5.41, 5.74) is 1.31. The third-order valence-corrected chi connectivity index (χ3v) is 3.74. The Morgan fingerprint density at radius 1 is 1.08 bits per heavy atom. The molecule has 0 heterocycles. The molecule has 2 rings (SSSR count). The summed E-state index contributed by atoms with van der Waals surface area (Å²) in [6.07, 6.45) is 2.00. The van der Waals surface area contributed by atoms with Crippen LogP contribution in [0.15, 0.2) is 54.6 Å². The third kappa shape index (κ3) is 5.95. The van der Waals surface area contributed by atoms with Crippen LogP contribution in [0, 0.1) is 0 Å². The van der Waals surface area contributed by atoms with Crippen LogP contribution in [0.4, 0.5) is 0 Å². The van der Waals surface area contributed by atoms with Crippen LogP contribution in [-0.2, 0) is 16.0 Å². The number of hydrogen-bond donors (Lipinski definition) is 2. The summed E-state index contributed by atoms with van der Waals surface area (Å²) in [6.45, 7) is 2.35. The molecule has 25 heavy (non-hydrogen) atoms. The molecule has 0 aromatic heterocycles. The zero-order chi connectivity index (χ0) is 18.1. The van der Waals surface area contributed by atoms with Gasteiger partial charge in [0.1, 0.15) is 11.8 Å². The Balaban J connectivity index is 2.09. The van der Waals surface area contributed by atoms with Crippen LogP contribution in [0.1, 0.15) is 35.7 Å². The lowest BCUT2D eigenvalue weighted by Crippen LogP contribution is -2.43. The molecule has 0 fully saturated rings. The second kappa shape index (κ2) is 9.47. The summed E-state index contributed by atoms with van der Waals surface area (Å²) in [6, 6.07) is 14.5. The fraction of sp³-hybridized carbons (Fsp3) is 0.300. The van der Waals surface area contributed by atoms with E-state index in [1.165, 1.54) is 0 Å².